The van der Waals surface area contributed by atoms with E-state index in [0.717, 1.165) is 23.9 Å². The molecule has 1 heterocycles. The van der Waals surface area contributed by atoms with Gasteiger partial charge in [0, 0.05) is 31.9 Å². The van der Waals surface area contributed by atoms with Crippen molar-refractivity contribution >= 4 is 29.9 Å². The van der Waals surface area contributed by atoms with Crippen LogP contribution in [0, 0.1) is 5.92 Å². The molecule has 136 valence electrons. The summed E-state index contributed by atoms with van der Waals surface area (Å²) in [7, 11) is 1.82. The van der Waals surface area contributed by atoms with Crippen LogP contribution >= 0.6 is 24.0 Å². The average Bonchev–Trinajstić information content (AvgIpc) is 2.57. The minimum Gasteiger partial charge on any atom is -0.478 e. The molecule has 1 aromatic rings. The first-order valence-corrected chi connectivity index (χ1v) is 8.76. The van der Waals surface area contributed by atoms with Crippen molar-refractivity contribution < 1.29 is 4.74 Å². The van der Waals surface area contributed by atoms with Crippen molar-refractivity contribution in [1.29, 1.82) is 0 Å². The van der Waals surface area contributed by atoms with Crippen LogP contribution in [0.5, 0.6) is 5.88 Å². The van der Waals surface area contributed by atoms with Gasteiger partial charge in [-0.25, -0.2) is 4.98 Å². The second kappa shape index (κ2) is 11.5. The Morgan fingerprint density at radius 1 is 1.38 bits per heavy atom. The van der Waals surface area contributed by atoms with Crippen LogP contribution in [0.1, 0.15) is 51.5 Å². The van der Waals surface area contributed by atoms with Gasteiger partial charge in [-0.3, -0.25) is 4.99 Å². The second-order valence-corrected chi connectivity index (χ2v) is 6.39. The third kappa shape index (κ3) is 7.23. The first kappa shape index (κ1) is 21.0. The van der Waals surface area contributed by atoms with E-state index in [1.807, 2.05) is 25.4 Å². The van der Waals surface area contributed by atoms with Crippen LogP contribution in [0.2, 0.25) is 0 Å². The van der Waals surface area contributed by atoms with Gasteiger partial charge < -0.3 is 15.4 Å². The standard InChI is InChI=1S/C18H30N4O.HI/c1-4-10-23-17-9-8-15(12-20-17)13-21-18(19-3)22-16-7-5-6-14(2)11-16;/h8-9,12,14,16H,4-7,10-11,13H2,1-3H3,(H2,19,21,22);1H. The van der Waals surface area contributed by atoms with Crippen molar-refractivity contribution in [2.45, 2.75) is 58.5 Å². The fraction of sp³-hybridized carbons (Fsp3) is 0.667. The summed E-state index contributed by atoms with van der Waals surface area (Å²) in [4.78, 5) is 8.65. The van der Waals surface area contributed by atoms with Gasteiger partial charge in [0.05, 0.1) is 6.61 Å². The van der Waals surface area contributed by atoms with E-state index in [-0.39, 0.29) is 24.0 Å². The molecule has 2 rings (SSSR count). The average molecular weight is 446 g/mol. The summed E-state index contributed by atoms with van der Waals surface area (Å²) in [5, 5.41) is 6.91. The van der Waals surface area contributed by atoms with Crippen molar-refractivity contribution in [1.82, 2.24) is 15.6 Å². The maximum absolute atomic E-state index is 5.50. The summed E-state index contributed by atoms with van der Waals surface area (Å²) in [5.41, 5.74) is 1.12. The smallest absolute Gasteiger partial charge is 0.213 e. The Labute approximate surface area is 163 Å². The molecule has 2 unspecified atom stereocenters. The van der Waals surface area contributed by atoms with Gasteiger partial charge in [-0.1, -0.05) is 32.8 Å². The molecule has 1 fully saturated rings. The zero-order chi connectivity index (χ0) is 16.5. The quantitative estimate of drug-likeness (QED) is 0.397. The SMILES string of the molecule is CCCOc1ccc(CNC(=NC)NC2CCCC(C)C2)cn1.I. The summed E-state index contributed by atoms with van der Waals surface area (Å²) in [5.74, 6) is 2.36. The molecule has 1 aliphatic rings. The lowest BCUT2D eigenvalue weighted by atomic mass is 9.87. The Hall–Kier alpha value is -1.05. The molecule has 1 saturated carbocycles. The Kier molecular flexibility index (Phi) is 10.1. The molecule has 1 aliphatic carbocycles. The molecule has 6 heteroatoms. The zero-order valence-electron chi connectivity index (χ0n) is 15.0. The highest BCUT2D eigenvalue weighted by molar-refractivity contribution is 14.0. The van der Waals surface area contributed by atoms with Crippen molar-refractivity contribution in [3.8, 4) is 5.88 Å². The molecule has 0 radical (unpaired) electrons. The number of guanidine groups is 1. The highest BCUT2D eigenvalue weighted by atomic mass is 127. The molecule has 24 heavy (non-hydrogen) atoms. The fourth-order valence-corrected chi connectivity index (χ4v) is 2.95. The van der Waals surface area contributed by atoms with Gasteiger partial charge in [0.2, 0.25) is 5.88 Å². The summed E-state index contributed by atoms with van der Waals surface area (Å²) in [6.07, 6.45) is 7.96. The van der Waals surface area contributed by atoms with Crippen LogP contribution in [-0.4, -0.2) is 30.6 Å². The number of ether oxygens (including phenoxy) is 1. The third-order valence-electron chi connectivity index (χ3n) is 4.21. The minimum atomic E-state index is 0. The van der Waals surface area contributed by atoms with E-state index in [1.54, 1.807) is 0 Å². The van der Waals surface area contributed by atoms with E-state index in [1.165, 1.54) is 25.7 Å². The van der Waals surface area contributed by atoms with E-state index in [4.69, 9.17) is 4.74 Å². The van der Waals surface area contributed by atoms with Crippen LogP contribution in [-0.2, 0) is 6.54 Å². The molecular formula is C18H31IN4O. The van der Waals surface area contributed by atoms with Gasteiger partial charge >= 0.3 is 0 Å². The number of rotatable bonds is 6. The van der Waals surface area contributed by atoms with Gasteiger partial charge in [0.1, 0.15) is 0 Å². The van der Waals surface area contributed by atoms with Crippen molar-refractivity contribution in [2.24, 2.45) is 10.9 Å². The van der Waals surface area contributed by atoms with Crippen LogP contribution in [0.3, 0.4) is 0 Å². The van der Waals surface area contributed by atoms with E-state index in [9.17, 15) is 0 Å². The number of aromatic nitrogens is 1. The van der Waals surface area contributed by atoms with Crippen LogP contribution < -0.4 is 15.4 Å². The fourth-order valence-electron chi connectivity index (χ4n) is 2.95. The lowest BCUT2D eigenvalue weighted by Crippen LogP contribution is -2.44. The Bertz CT molecular complexity index is 492. The lowest BCUT2D eigenvalue weighted by Gasteiger charge is -2.28. The largest absolute Gasteiger partial charge is 0.478 e. The number of nitrogens with zero attached hydrogens (tertiary/aromatic N) is 2. The topological polar surface area (TPSA) is 58.5 Å². The molecule has 0 aromatic carbocycles. The van der Waals surface area contributed by atoms with E-state index >= 15 is 0 Å². The van der Waals surface area contributed by atoms with E-state index < -0.39 is 0 Å². The first-order valence-electron chi connectivity index (χ1n) is 8.76. The number of hydrogen-bond acceptors (Lipinski definition) is 3. The second-order valence-electron chi connectivity index (χ2n) is 6.39. The molecular weight excluding hydrogens is 415 g/mol. The normalized spacial score (nSPS) is 20.9. The molecule has 2 N–H and O–H groups in total. The van der Waals surface area contributed by atoms with Crippen LogP contribution in [0.15, 0.2) is 23.3 Å². The zero-order valence-corrected chi connectivity index (χ0v) is 17.4. The Balaban J connectivity index is 0.00000288. The summed E-state index contributed by atoms with van der Waals surface area (Å²) >= 11 is 0. The van der Waals surface area contributed by atoms with Gasteiger partial charge in [-0.2, -0.15) is 0 Å². The molecule has 2 atom stereocenters. The lowest BCUT2D eigenvalue weighted by molar-refractivity contribution is 0.305. The Morgan fingerprint density at radius 2 is 2.21 bits per heavy atom. The van der Waals surface area contributed by atoms with Gasteiger partial charge in [0.15, 0.2) is 5.96 Å². The van der Waals surface area contributed by atoms with Crippen molar-refractivity contribution in [3.63, 3.8) is 0 Å². The molecule has 0 aliphatic heterocycles. The summed E-state index contributed by atoms with van der Waals surface area (Å²) in [6.45, 7) is 5.84. The number of pyridine rings is 1. The Morgan fingerprint density at radius 3 is 2.83 bits per heavy atom. The van der Waals surface area contributed by atoms with Gasteiger partial charge in [0.25, 0.3) is 0 Å². The monoisotopic (exact) mass is 446 g/mol. The highest BCUT2D eigenvalue weighted by Gasteiger charge is 2.19. The van der Waals surface area contributed by atoms with Crippen molar-refractivity contribution in [3.05, 3.63) is 23.9 Å². The molecule has 0 saturated heterocycles. The van der Waals surface area contributed by atoms with Crippen molar-refractivity contribution in [2.75, 3.05) is 13.7 Å². The maximum Gasteiger partial charge on any atom is 0.213 e. The van der Waals surface area contributed by atoms with Crippen LogP contribution in [0.25, 0.3) is 0 Å². The maximum atomic E-state index is 5.50. The number of nitrogens with one attached hydrogen (secondary N) is 2. The summed E-state index contributed by atoms with van der Waals surface area (Å²) in [6, 6.07) is 4.50. The minimum absolute atomic E-state index is 0. The van der Waals surface area contributed by atoms with E-state index in [0.29, 0.717) is 25.1 Å². The predicted octanol–water partition coefficient (Wildman–Crippen LogP) is 3.73. The number of aliphatic imine (C=N–C) groups is 1. The van der Waals surface area contributed by atoms with Gasteiger partial charge in [-0.05, 0) is 30.7 Å². The molecule has 5 nitrogen and oxygen atoms in total. The first-order chi connectivity index (χ1) is 11.2. The summed E-state index contributed by atoms with van der Waals surface area (Å²) < 4.78 is 5.50. The third-order valence-corrected chi connectivity index (χ3v) is 4.21. The molecule has 1 aromatic heterocycles. The molecule has 0 amide bonds. The predicted molar refractivity (Wildman–Crippen MR) is 110 cm³/mol. The van der Waals surface area contributed by atoms with E-state index in [2.05, 4.69) is 34.5 Å². The number of hydrogen-bond donors (Lipinski definition) is 2. The number of halogens is 1. The molecule has 0 spiro atoms. The molecule has 0 bridgehead atoms. The van der Waals surface area contributed by atoms with Crippen LogP contribution in [0.4, 0.5) is 0 Å². The van der Waals surface area contributed by atoms with Gasteiger partial charge in [-0.15, -0.1) is 24.0 Å². The highest BCUT2D eigenvalue weighted by Crippen LogP contribution is 2.23.